The van der Waals surface area contributed by atoms with Crippen LogP contribution in [0.3, 0.4) is 0 Å². The highest BCUT2D eigenvalue weighted by Crippen LogP contribution is 2.18. The second kappa shape index (κ2) is 16.9. The van der Waals surface area contributed by atoms with Crippen molar-refractivity contribution < 1.29 is 38.0 Å². The molecule has 0 heterocycles. The number of carbonyl (C=O) groups is 2. The highest BCUT2D eigenvalue weighted by atomic mass is 16.6. The van der Waals surface area contributed by atoms with E-state index in [0.29, 0.717) is 39.6 Å². The Kier molecular flexibility index (Phi) is 13.3. The lowest BCUT2D eigenvalue weighted by molar-refractivity contribution is -0.140. The molecule has 0 aliphatic carbocycles. The minimum absolute atomic E-state index is 0.192. The molecule has 2 rings (SSSR count). The Bertz CT molecular complexity index is 830. The first-order valence-electron chi connectivity index (χ1n) is 11.3. The number of rotatable bonds is 18. The molecule has 0 spiro atoms. The third-order valence-electron chi connectivity index (χ3n) is 4.53. The third kappa shape index (κ3) is 12.4. The van der Waals surface area contributed by atoms with Crippen molar-refractivity contribution in [2.75, 3.05) is 52.9 Å². The molecule has 0 atom stereocenters. The molecule has 2 aromatic carbocycles. The van der Waals surface area contributed by atoms with E-state index < -0.39 is 11.9 Å². The van der Waals surface area contributed by atoms with Crippen LogP contribution in [0.1, 0.15) is 11.1 Å². The van der Waals surface area contributed by atoms with Gasteiger partial charge in [-0.2, -0.15) is 0 Å². The van der Waals surface area contributed by atoms with Gasteiger partial charge in [-0.25, -0.2) is 9.59 Å². The van der Waals surface area contributed by atoms with E-state index in [4.69, 9.17) is 28.4 Å². The van der Waals surface area contributed by atoms with E-state index in [1.54, 1.807) is 0 Å². The molecule has 0 unspecified atom stereocenters. The molecule has 35 heavy (non-hydrogen) atoms. The van der Waals surface area contributed by atoms with Crippen LogP contribution in [-0.4, -0.2) is 64.8 Å². The lowest BCUT2D eigenvalue weighted by atomic mass is 10.0. The number of carbonyl (C=O) groups excluding carboxylic acids is 2. The van der Waals surface area contributed by atoms with Crippen LogP contribution >= 0.6 is 0 Å². The van der Waals surface area contributed by atoms with Crippen LogP contribution in [0.5, 0.6) is 11.5 Å². The Morgan fingerprint density at radius 2 is 0.943 bits per heavy atom. The quantitative estimate of drug-likeness (QED) is 0.180. The summed E-state index contributed by atoms with van der Waals surface area (Å²) < 4.78 is 31.6. The number of hydrogen-bond acceptors (Lipinski definition) is 8. The standard InChI is InChI=1S/C27H32O8/c1-3-26(28)34-19-15-30-13-17-32-24-9-5-22(6-10-24)21-23-7-11-25(12-8-23)33-18-14-31-16-20-35-27(29)4-2/h3-12H,1-2,13-21H2. The summed E-state index contributed by atoms with van der Waals surface area (Å²) >= 11 is 0. The molecule has 0 saturated carbocycles. The first kappa shape index (κ1) is 27.6. The van der Waals surface area contributed by atoms with Crippen molar-refractivity contribution in [1.82, 2.24) is 0 Å². The maximum absolute atomic E-state index is 10.9. The summed E-state index contributed by atoms with van der Waals surface area (Å²) in [7, 11) is 0. The first-order valence-corrected chi connectivity index (χ1v) is 11.3. The minimum Gasteiger partial charge on any atom is -0.491 e. The van der Waals surface area contributed by atoms with E-state index in [1.807, 2.05) is 48.5 Å². The Hall–Kier alpha value is -3.62. The molecule has 0 radical (unpaired) electrons. The largest absolute Gasteiger partial charge is 0.491 e. The molecule has 8 heteroatoms. The maximum atomic E-state index is 10.9. The molecule has 2 aromatic rings. The third-order valence-corrected chi connectivity index (χ3v) is 4.53. The van der Waals surface area contributed by atoms with Crippen LogP contribution in [0.15, 0.2) is 73.8 Å². The van der Waals surface area contributed by atoms with Crippen LogP contribution in [0.25, 0.3) is 0 Å². The van der Waals surface area contributed by atoms with Gasteiger partial charge in [0.1, 0.15) is 37.9 Å². The van der Waals surface area contributed by atoms with Gasteiger partial charge >= 0.3 is 11.9 Å². The van der Waals surface area contributed by atoms with Gasteiger partial charge in [0.25, 0.3) is 0 Å². The summed E-state index contributed by atoms with van der Waals surface area (Å²) in [5.74, 6) is 0.608. The molecule has 0 aromatic heterocycles. The Labute approximate surface area is 206 Å². The van der Waals surface area contributed by atoms with Crippen LogP contribution in [0.2, 0.25) is 0 Å². The van der Waals surface area contributed by atoms with Gasteiger partial charge in [0.15, 0.2) is 0 Å². The Morgan fingerprint density at radius 1 is 0.571 bits per heavy atom. The average molecular weight is 485 g/mol. The summed E-state index contributed by atoms with van der Waals surface area (Å²) in [6.07, 6.45) is 3.03. The highest BCUT2D eigenvalue weighted by Gasteiger charge is 2.01. The normalized spacial score (nSPS) is 10.3. The molecule has 0 fully saturated rings. The summed E-state index contributed by atoms with van der Waals surface area (Å²) in [5.41, 5.74) is 2.33. The molecule has 0 saturated heterocycles. The topological polar surface area (TPSA) is 89.5 Å². The van der Waals surface area contributed by atoms with Gasteiger partial charge in [-0.15, -0.1) is 0 Å². The van der Waals surface area contributed by atoms with E-state index in [0.717, 1.165) is 41.2 Å². The van der Waals surface area contributed by atoms with Crippen molar-refractivity contribution in [2.45, 2.75) is 6.42 Å². The van der Waals surface area contributed by atoms with Gasteiger partial charge in [0.05, 0.1) is 26.4 Å². The van der Waals surface area contributed by atoms with Crippen LogP contribution < -0.4 is 9.47 Å². The fraction of sp³-hybridized carbons (Fsp3) is 0.333. The van der Waals surface area contributed by atoms with Crippen molar-refractivity contribution in [1.29, 1.82) is 0 Å². The van der Waals surface area contributed by atoms with Crippen LogP contribution in [-0.2, 0) is 35.0 Å². The van der Waals surface area contributed by atoms with Crippen LogP contribution in [0, 0.1) is 0 Å². The zero-order chi connectivity index (χ0) is 25.1. The first-order chi connectivity index (χ1) is 17.1. The SMILES string of the molecule is C=CC(=O)OCCOCCOc1ccc(Cc2ccc(OCCOCCOC(=O)C=C)cc2)cc1. The fourth-order valence-electron chi connectivity index (χ4n) is 2.80. The van der Waals surface area contributed by atoms with Crippen molar-refractivity contribution in [2.24, 2.45) is 0 Å². The molecule has 0 aliphatic rings. The number of ether oxygens (including phenoxy) is 6. The Morgan fingerprint density at radius 3 is 1.31 bits per heavy atom. The maximum Gasteiger partial charge on any atom is 0.330 e. The monoisotopic (exact) mass is 484 g/mol. The summed E-state index contributed by atoms with van der Waals surface area (Å²) in [6.45, 7) is 9.28. The summed E-state index contributed by atoms with van der Waals surface area (Å²) in [6, 6.07) is 15.8. The van der Waals surface area contributed by atoms with E-state index in [1.165, 1.54) is 0 Å². The van der Waals surface area contributed by atoms with Crippen molar-refractivity contribution in [3.05, 3.63) is 85.0 Å². The molecule has 0 aliphatic heterocycles. The smallest absolute Gasteiger partial charge is 0.330 e. The molecule has 8 nitrogen and oxygen atoms in total. The zero-order valence-corrected chi connectivity index (χ0v) is 19.8. The Balaban J connectivity index is 1.58. The van der Waals surface area contributed by atoms with Gasteiger partial charge in [0, 0.05) is 12.2 Å². The van der Waals surface area contributed by atoms with Crippen molar-refractivity contribution in [3.8, 4) is 11.5 Å². The van der Waals surface area contributed by atoms with Gasteiger partial charge in [-0.3, -0.25) is 0 Å². The highest BCUT2D eigenvalue weighted by molar-refractivity contribution is 5.81. The minimum atomic E-state index is -0.460. The number of benzene rings is 2. The molecular formula is C27H32O8. The summed E-state index contributed by atoms with van der Waals surface area (Å²) in [5, 5.41) is 0. The van der Waals surface area contributed by atoms with Crippen molar-refractivity contribution >= 4 is 11.9 Å². The van der Waals surface area contributed by atoms with Gasteiger partial charge < -0.3 is 28.4 Å². The zero-order valence-electron chi connectivity index (χ0n) is 19.8. The lowest BCUT2D eigenvalue weighted by Crippen LogP contribution is -2.12. The van der Waals surface area contributed by atoms with Gasteiger partial charge in [-0.05, 0) is 41.8 Å². The van der Waals surface area contributed by atoms with Gasteiger partial charge in [-0.1, -0.05) is 37.4 Å². The molecule has 0 amide bonds. The van der Waals surface area contributed by atoms with E-state index in [2.05, 4.69) is 13.2 Å². The molecule has 0 bridgehead atoms. The second-order valence-electron chi connectivity index (χ2n) is 7.13. The predicted molar refractivity (Wildman–Crippen MR) is 131 cm³/mol. The van der Waals surface area contributed by atoms with E-state index in [-0.39, 0.29) is 13.2 Å². The van der Waals surface area contributed by atoms with E-state index in [9.17, 15) is 9.59 Å². The second-order valence-corrected chi connectivity index (χ2v) is 7.13. The average Bonchev–Trinajstić information content (AvgIpc) is 2.89. The molecule has 0 N–H and O–H groups in total. The van der Waals surface area contributed by atoms with Crippen molar-refractivity contribution in [3.63, 3.8) is 0 Å². The van der Waals surface area contributed by atoms with Crippen LogP contribution in [0.4, 0.5) is 0 Å². The summed E-state index contributed by atoms with van der Waals surface area (Å²) in [4.78, 5) is 21.8. The number of esters is 2. The molecule has 188 valence electrons. The fourth-order valence-corrected chi connectivity index (χ4v) is 2.80. The predicted octanol–water partition coefficient (Wildman–Crippen LogP) is 3.53. The van der Waals surface area contributed by atoms with E-state index >= 15 is 0 Å². The molecular weight excluding hydrogens is 452 g/mol. The number of hydrogen-bond donors (Lipinski definition) is 0. The van der Waals surface area contributed by atoms with Gasteiger partial charge in [0.2, 0.25) is 0 Å². The lowest BCUT2D eigenvalue weighted by Gasteiger charge is -2.09.